The van der Waals surface area contributed by atoms with Gasteiger partial charge in [-0.2, -0.15) is 20.7 Å². The summed E-state index contributed by atoms with van der Waals surface area (Å²) in [5.41, 5.74) is 8.38. The third kappa shape index (κ3) is 15.5. The molecular weight excluding hydrogens is 964 g/mol. The highest BCUT2D eigenvalue weighted by Crippen LogP contribution is 2.34. The number of amides is 2. The van der Waals surface area contributed by atoms with Crippen molar-refractivity contribution in [2.45, 2.75) is 35.3 Å². The van der Waals surface area contributed by atoms with Crippen LogP contribution in [0.5, 0.6) is 11.5 Å². The van der Waals surface area contributed by atoms with Crippen LogP contribution in [-0.2, 0) is 25.6 Å². The van der Waals surface area contributed by atoms with Crippen molar-refractivity contribution in [3.63, 3.8) is 0 Å². The van der Waals surface area contributed by atoms with Crippen molar-refractivity contribution in [1.82, 2.24) is 29.0 Å². The Hall–Kier alpha value is -8.47. The van der Waals surface area contributed by atoms with Crippen molar-refractivity contribution in [1.29, 1.82) is 10.5 Å². The van der Waals surface area contributed by atoms with E-state index in [2.05, 4.69) is 53.4 Å². The van der Waals surface area contributed by atoms with Gasteiger partial charge in [-0.3, -0.25) is 24.8 Å². The van der Waals surface area contributed by atoms with Gasteiger partial charge in [0.05, 0.1) is 105 Å². The number of carbonyl (C=O) groups excluding carboxylic acids is 2. The number of aryl methyl sites for hydroxylation is 2. The van der Waals surface area contributed by atoms with Gasteiger partial charge in [0.25, 0.3) is 0 Å². The summed E-state index contributed by atoms with van der Waals surface area (Å²) in [4.78, 5) is 29.2. The lowest BCUT2D eigenvalue weighted by Crippen LogP contribution is -2.38. The summed E-state index contributed by atoms with van der Waals surface area (Å²) in [7, 11) is -1.00. The van der Waals surface area contributed by atoms with Crippen molar-refractivity contribution in [3.05, 3.63) is 131 Å². The largest absolute Gasteiger partial charge is 0.508 e. The molecule has 9 rings (SSSR count). The molecule has 2 aliphatic rings. The van der Waals surface area contributed by atoms with E-state index < -0.39 is 19.3 Å². The summed E-state index contributed by atoms with van der Waals surface area (Å²) in [6.45, 7) is 12.2. The number of morpholine rings is 2. The predicted octanol–water partition coefficient (Wildman–Crippen LogP) is 9.42. The lowest BCUT2D eigenvalue weighted by Gasteiger charge is -2.26. The van der Waals surface area contributed by atoms with Crippen molar-refractivity contribution in [2.24, 2.45) is 0 Å². The van der Waals surface area contributed by atoms with E-state index in [1.165, 1.54) is 12.4 Å². The number of halogens is 1. The van der Waals surface area contributed by atoms with E-state index in [9.17, 15) is 29.6 Å². The number of alkyl halides is 1. The fraction of sp³-hybridized carbons (Fsp3) is 0.333. The number of rotatable bonds is 15. The SMILES string of the molecule is C.C.Cc1c(NC(=O)OCCN2CCOCC2)cn2ncc(C#N)c(Nc3ccc(O)cc3)c12.Cc1c(NC(=O)OCCN2CCOCC2)cn2ncc(C#N)c(Nc3ccc(OCc4ccccc4)cc3)c12.[2H]CF. The van der Waals surface area contributed by atoms with Crippen molar-refractivity contribution < 1.29 is 44.1 Å². The van der Waals surface area contributed by atoms with Gasteiger partial charge in [-0.25, -0.2) is 18.6 Å². The summed E-state index contributed by atoms with van der Waals surface area (Å²) in [5, 5.41) is 49.6. The summed E-state index contributed by atoms with van der Waals surface area (Å²) < 4.78 is 46.0. The minimum absolute atomic E-state index is 0. The van der Waals surface area contributed by atoms with Gasteiger partial charge in [0.1, 0.15) is 43.5 Å². The molecule has 21 heteroatoms. The molecule has 2 saturated heterocycles. The molecule has 4 aromatic heterocycles. The number of phenols is 1. The number of nitriles is 2. The molecule has 0 radical (unpaired) electrons. The maximum Gasteiger partial charge on any atom is 0.411 e. The molecule has 7 aromatic rings. The number of aromatic nitrogens is 4. The molecule has 2 amide bonds. The van der Waals surface area contributed by atoms with Crippen molar-refractivity contribution >= 4 is 57.3 Å². The lowest BCUT2D eigenvalue weighted by molar-refractivity contribution is 0.0288. The molecule has 0 atom stereocenters. The van der Waals surface area contributed by atoms with Gasteiger partial charge in [-0.1, -0.05) is 45.2 Å². The number of hydrogen-bond donors (Lipinski definition) is 5. The van der Waals surface area contributed by atoms with E-state index in [0.717, 1.165) is 54.3 Å². The second-order valence-corrected chi connectivity index (χ2v) is 16.5. The number of nitrogens with one attached hydrogen (secondary N) is 4. The Morgan fingerprint density at radius 2 is 1.13 bits per heavy atom. The maximum atomic E-state index is 12.5. The number of anilines is 6. The molecule has 2 fully saturated rings. The molecule has 3 aromatic carbocycles. The number of hydrogen-bond acceptors (Lipinski definition) is 16. The summed E-state index contributed by atoms with van der Waals surface area (Å²) >= 11 is 0. The Balaban J connectivity index is 0.000000265. The molecule has 0 aliphatic carbocycles. The number of ether oxygens (including phenoxy) is 5. The van der Waals surface area contributed by atoms with Crippen LogP contribution in [0, 0.1) is 36.5 Å². The van der Waals surface area contributed by atoms with E-state index in [-0.39, 0.29) is 33.8 Å². The molecule has 396 valence electrons. The number of phenolic OH excluding ortho intramolecular Hbond substituents is 1. The van der Waals surface area contributed by atoms with Crippen LogP contribution in [0.15, 0.2) is 104 Å². The van der Waals surface area contributed by atoms with Crippen LogP contribution in [0.25, 0.3) is 11.0 Å². The number of nitrogens with zero attached hydrogens (tertiary/aromatic N) is 8. The van der Waals surface area contributed by atoms with E-state index >= 15 is 0 Å². The molecule has 6 heterocycles. The maximum absolute atomic E-state index is 12.5. The van der Waals surface area contributed by atoms with Crippen molar-refractivity contribution in [3.8, 4) is 23.6 Å². The van der Waals surface area contributed by atoms with Crippen molar-refractivity contribution in [2.75, 3.05) is 107 Å². The number of benzene rings is 3. The smallest absolute Gasteiger partial charge is 0.411 e. The zero-order chi connectivity index (χ0) is 52.2. The van der Waals surface area contributed by atoms with Gasteiger partial charge in [-0.15, -0.1) is 0 Å². The number of fused-ring (bicyclic) bond motifs is 2. The molecule has 0 spiro atoms. The van der Waals surface area contributed by atoms with Crippen LogP contribution in [0.4, 0.5) is 48.1 Å². The first-order valence-corrected chi connectivity index (χ1v) is 23.3. The van der Waals surface area contributed by atoms with Gasteiger partial charge in [0, 0.05) is 61.8 Å². The monoisotopic (exact) mass is 1030 g/mol. The Kier molecular flexibility index (Phi) is 21.4. The quantitative estimate of drug-likeness (QED) is 0.0601. The fourth-order valence-corrected chi connectivity index (χ4v) is 7.94. The minimum Gasteiger partial charge on any atom is -0.508 e. The summed E-state index contributed by atoms with van der Waals surface area (Å²) in [6, 6.07) is 28.4. The Morgan fingerprint density at radius 3 is 1.56 bits per heavy atom. The molecule has 0 saturated carbocycles. The zero-order valence-corrected chi connectivity index (χ0v) is 40.5. The molecule has 5 N–H and O–H groups in total. The third-order valence-corrected chi connectivity index (χ3v) is 11.8. The van der Waals surface area contributed by atoms with Crippen LogP contribution >= 0.6 is 0 Å². The van der Waals surface area contributed by atoms with Crippen LogP contribution in [0.2, 0.25) is 0 Å². The molecular formula is C54H65FN12O8. The number of aromatic hydroxyl groups is 1. The Morgan fingerprint density at radius 1 is 0.707 bits per heavy atom. The van der Waals surface area contributed by atoms with Gasteiger partial charge in [0.15, 0.2) is 0 Å². The topological polar surface area (TPSA) is 237 Å². The van der Waals surface area contributed by atoms with Gasteiger partial charge in [-0.05, 0) is 67.9 Å². The normalized spacial score (nSPS) is 13.3. The van der Waals surface area contributed by atoms with E-state index in [1.807, 2.05) is 68.4 Å². The standard InChI is InChI=1S/C29H30N6O4.C22H24N6O4.CH3F.2CH4/c1-21-26(33-29(36)38-16-13-34-11-14-37-15-12-34)19-35-28(21)27(23(17-30)18-31-35)32-24-7-9-25(10-8-24)39-20-22-5-3-2-4-6-22;1-15-19(26-22(30)32-11-8-27-6-9-31-10-7-27)14-28-21(15)20(16(12-23)13-24-28)25-17-2-4-18(29)5-3-17;1-2;;/h2-10,18-19,32H,11-16,20H2,1H3,(H,33,36);2-5,13-14,25,29H,6-11H2,1H3,(H,26,30);1H3;2*1H4/i;;1D;;. The van der Waals surface area contributed by atoms with E-state index in [1.54, 1.807) is 45.7 Å². The van der Waals surface area contributed by atoms with E-state index in [4.69, 9.17) is 25.1 Å². The molecule has 0 unspecified atom stereocenters. The van der Waals surface area contributed by atoms with Crippen LogP contribution < -0.4 is 26.0 Å². The van der Waals surface area contributed by atoms with Crippen LogP contribution in [-0.4, -0.2) is 132 Å². The van der Waals surface area contributed by atoms with Gasteiger partial charge < -0.3 is 39.4 Å². The Bertz CT molecular complexity index is 3040. The zero-order valence-electron chi connectivity index (χ0n) is 41.5. The summed E-state index contributed by atoms with van der Waals surface area (Å²) in [5.74, 6) is 0.885. The fourth-order valence-electron chi connectivity index (χ4n) is 7.94. The summed E-state index contributed by atoms with van der Waals surface area (Å²) in [6.07, 6.45) is 5.25. The lowest BCUT2D eigenvalue weighted by atomic mass is 10.1. The first-order valence-electron chi connectivity index (χ1n) is 24.0. The number of carbonyl (C=O) groups is 2. The average molecular weight is 1030 g/mol. The Labute approximate surface area is 437 Å². The highest BCUT2D eigenvalue weighted by Gasteiger charge is 2.20. The minimum atomic E-state index is -1.00. The second-order valence-electron chi connectivity index (χ2n) is 16.5. The van der Waals surface area contributed by atoms with E-state index in [0.29, 0.717) is 96.7 Å². The molecule has 2 aliphatic heterocycles. The average Bonchev–Trinajstić information content (AvgIpc) is 3.93. The molecule has 75 heavy (non-hydrogen) atoms. The third-order valence-electron chi connectivity index (χ3n) is 11.8. The molecule has 20 nitrogen and oxygen atoms in total. The first kappa shape index (κ1) is 55.8. The molecule has 0 bridgehead atoms. The highest BCUT2D eigenvalue weighted by molar-refractivity contribution is 5.94. The second kappa shape index (κ2) is 28.7. The van der Waals surface area contributed by atoms with Crippen LogP contribution in [0.3, 0.4) is 0 Å². The highest BCUT2D eigenvalue weighted by atomic mass is 19.1. The predicted molar refractivity (Wildman–Crippen MR) is 286 cm³/mol. The first-order chi connectivity index (χ1) is 36.1. The van der Waals surface area contributed by atoms with Gasteiger partial charge >= 0.3 is 12.2 Å². The van der Waals surface area contributed by atoms with Crippen LogP contribution in [0.1, 0.15) is 44.0 Å². The van der Waals surface area contributed by atoms with Gasteiger partial charge in [0.2, 0.25) is 0 Å².